The van der Waals surface area contributed by atoms with Gasteiger partial charge in [-0.15, -0.1) is 0 Å². The third-order valence-corrected chi connectivity index (χ3v) is 3.67. The van der Waals surface area contributed by atoms with E-state index in [1.807, 2.05) is 0 Å². The van der Waals surface area contributed by atoms with Crippen LogP contribution >= 0.6 is 34.8 Å². The monoisotopic (exact) mass is 299 g/mol. The van der Waals surface area contributed by atoms with Crippen molar-refractivity contribution in [2.45, 2.75) is 48.9 Å². The summed E-state index contributed by atoms with van der Waals surface area (Å²) in [4.78, 5) is 23.1. The second kappa shape index (κ2) is 6.26. The molecule has 0 aliphatic heterocycles. The average molecular weight is 301 g/mol. The normalized spacial score (nSPS) is 24.0. The number of hydrogen-bond donors (Lipinski definition) is 1. The highest BCUT2D eigenvalue weighted by atomic mass is 35.6. The molecule has 1 amide bonds. The van der Waals surface area contributed by atoms with E-state index in [-0.39, 0.29) is 11.7 Å². The van der Waals surface area contributed by atoms with Gasteiger partial charge in [0.2, 0.25) is 9.70 Å². The van der Waals surface area contributed by atoms with E-state index < -0.39 is 15.8 Å². The van der Waals surface area contributed by atoms with E-state index in [4.69, 9.17) is 34.8 Å². The number of rotatable bonds is 2. The number of alkyl halides is 3. The van der Waals surface area contributed by atoms with Crippen molar-refractivity contribution in [3.8, 4) is 0 Å². The molecular formula is C11H16Cl3NO2. The number of hydrogen-bond acceptors (Lipinski definition) is 2. The number of Topliss-reactive ketones (excluding diaryl/α,β-unsaturated/α-hetero) is 1. The molecule has 1 aliphatic rings. The van der Waals surface area contributed by atoms with E-state index >= 15 is 0 Å². The molecule has 0 saturated heterocycles. The van der Waals surface area contributed by atoms with Crippen LogP contribution in [0.25, 0.3) is 0 Å². The Morgan fingerprint density at radius 3 is 2.53 bits per heavy atom. The predicted molar refractivity (Wildman–Crippen MR) is 69.5 cm³/mol. The van der Waals surface area contributed by atoms with E-state index in [9.17, 15) is 9.59 Å². The highest BCUT2D eigenvalue weighted by Crippen LogP contribution is 2.37. The van der Waals surface area contributed by atoms with Crippen molar-refractivity contribution >= 4 is 46.5 Å². The molecule has 0 aromatic heterocycles. The third-order valence-electron chi connectivity index (χ3n) is 2.97. The van der Waals surface area contributed by atoms with Gasteiger partial charge in [0.1, 0.15) is 5.78 Å². The molecule has 0 bridgehead atoms. The van der Waals surface area contributed by atoms with E-state index in [1.165, 1.54) is 6.92 Å². The largest absolute Gasteiger partial charge is 0.349 e. The van der Waals surface area contributed by atoms with Gasteiger partial charge in [-0.2, -0.15) is 0 Å². The van der Waals surface area contributed by atoms with E-state index in [0.717, 1.165) is 19.3 Å². The van der Waals surface area contributed by atoms with Crippen molar-refractivity contribution in [3.63, 3.8) is 0 Å². The number of carbonyl (C=O) groups is 2. The molecule has 1 saturated carbocycles. The maximum absolute atomic E-state index is 12.0. The van der Waals surface area contributed by atoms with Crippen LogP contribution in [0.5, 0.6) is 0 Å². The van der Waals surface area contributed by atoms with Crippen LogP contribution in [-0.4, -0.2) is 21.5 Å². The zero-order chi connectivity index (χ0) is 13.1. The van der Waals surface area contributed by atoms with Gasteiger partial charge in [0.15, 0.2) is 0 Å². The fraction of sp³-hybridized carbons (Fsp3) is 0.818. The maximum Gasteiger partial charge on any atom is 0.217 e. The van der Waals surface area contributed by atoms with Gasteiger partial charge in [-0.05, 0) is 12.8 Å². The minimum Gasteiger partial charge on any atom is -0.349 e. The second-order valence-corrected chi connectivity index (χ2v) is 6.76. The van der Waals surface area contributed by atoms with Crippen LogP contribution in [0.2, 0.25) is 0 Å². The predicted octanol–water partition coefficient (Wildman–Crippen LogP) is 3.01. The number of carbonyl (C=O) groups excluding carboxylic acids is 2. The Hall–Kier alpha value is 0.01000. The Morgan fingerprint density at radius 2 is 2.00 bits per heavy atom. The molecule has 0 aromatic rings. The summed E-state index contributed by atoms with van der Waals surface area (Å²) in [6.45, 7) is 1.35. The quantitative estimate of drug-likeness (QED) is 0.629. The second-order valence-electron chi connectivity index (χ2n) is 4.39. The summed E-state index contributed by atoms with van der Waals surface area (Å²) in [5.41, 5.74) is 0. The topological polar surface area (TPSA) is 46.2 Å². The molecule has 0 radical (unpaired) electrons. The summed E-state index contributed by atoms with van der Waals surface area (Å²) in [5.74, 6) is -0.611. The fourth-order valence-electron chi connectivity index (χ4n) is 2.17. The molecule has 1 N–H and O–H groups in total. The van der Waals surface area contributed by atoms with Gasteiger partial charge in [0.05, 0.1) is 6.04 Å². The Bertz CT molecular complexity index is 302. The summed E-state index contributed by atoms with van der Waals surface area (Å²) in [7, 11) is 0. The molecular weight excluding hydrogens is 284 g/mol. The first kappa shape index (κ1) is 15.1. The van der Waals surface area contributed by atoms with Gasteiger partial charge in [0, 0.05) is 19.3 Å². The summed E-state index contributed by atoms with van der Waals surface area (Å²) >= 11 is 17.6. The lowest BCUT2D eigenvalue weighted by Gasteiger charge is -2.31. The molecule has 1 aliphatic carbocycles. The smallest absolute Gasteiger partial charge is 0.217 e. The van der Waals surface area contributed by atoms with E-state index in [1.54, 1.807) is 0 Å². The highest BCUT2D eigenvalue weighted by Gasteiger charge is 2.42. The van der Waals surface area contributed by atoms with E-state index in [2.05, 4.69) is 5.32 Å². The van der Waals surface area contributed by atoms with Gasteiger partial charge in [-0.3, -0.25) is 9.59 Å². The zero-order valence-corrected chi connectivity index (χ0v) is 11.9. The lowest BCUT2D eigenvalue weighted by atomic mass is 9.91. The molecule has 0 heterocycles. The van der Waals surface area contributed by atoms with Crippen molar-refractivity contribution < 1.29 is 9.59 Å². The summed E-state index contributed by atoms with van der Waals surface area (Å²) in [6.07, 6.45) is 3.98. The summed E-state index contributed by atoms with van der Waals surface area (Å²) in [6, 6.07) is -0.740. The van der Waals surface area contributed by atoms with E-state index in [0.29, 0.717) is 12.8 Å². The van der Waals surface area contributed by atoms with Crippen LogP contribution in [-0.2, 0) is 9.59 Å². The van der Waals surface area contributed by atoms with Crippen LogP contribution in [0, 0.1) is 5.92 Å². The van der Waals surface area contributed by atoms with Crippen LogP contribution in [0.1, 0.15) is 39.0 Å². The van der Waals surface area contributed by atoms with Crippen molar-refractivity contribution in [2.75, 3.05) is 0 Å². The van der Waals surface area contributed by atoms with Crippen molar-refractivity contribution in [1.82, 2.24) is 5.32 Å². The Kier molecular flexibility index (Phi) is 5.55. The van der Waals surface area contributed by atoms with Crippen molar-refractivity contribution in [1.29, 1.82) is 0 Å². The van der Waals surface area contributed by atoms with Crippen LogP contribution in [0.4, 0.5) is 0 Å². The van der Waals surface area contributed by atoms with Gasteiger partial charge < -0.3 is 5.32 Å². The molecule has 0 aromatic carbocycles. The number of nitrogens with one attached hydrogen (secondary N) is 1. The minimum absolute atomic E-state index is 0.0765. The van der Waals surface area contributed by atoms with Gasteiger partial charge in [-0.1, -0.05) is 47.6 Å². The van der Waals surface area contributed by atoms with Gasteiger partial charge >= 0.3 is 0 Å². The fourth-order valence-corrected chi connectivity index (χ4v) is 2.79. The summed E-state index contributed by atoms with van der Waals surface area (Å²) < 4.78 is -1.66. The Balaban J connectivity index is 2.87. The first-order valence-electron chi connectivity index (χ1n) is 5.69. The van der Waals surface area contributed by atoms with Gasteiger partial charge in [0.25, 0.3) is 0 Å². The average Bonchev–Trinajstić information content (AvgIpc) is 2.37. The molecule has 0 unspecified atom stereocenters. The number of amides is 1. The standard InChI is InChI=1S/C11H16Cl3NO2/c1-7(16)15-10(11(12,13)14)8-5-3-2-4-6-9(8)17/h8,10H,2-6H2,1H3,(H,15,16)/t8-,10-/m1/s1. The maximum atomic E-state index is 12.0. The molecule has 0 spiro atoms. The number of halogens is 3. The molecule has 3 nitrogen and oxygen atoms in total. The highest BCUT2D eigenvalue weighted by molar-refractivity contribution is 6.68. The first-order valence-corrected chi connectivity index (χ1v) is 6.82. The van der Waals surface area contributed by atoms with Crippen LogP contribution in [0.15, 0.2) is 0 Å². The molecule has 1 rings (SSSR count). The molecule has 2 atom stereocenters. The van der Waals surface area contributed by atoms with Crippen LogP contribution in [0.3, 0.4) is 0 Å². The summed E-state index contributed by atoms with van der Waals surface area (Å²) in [5, 5.41) is 2.59. The lowest BCUT2D eigenvalue weighted by molar-refractivity contribution is -0.125. The zero-order valence-electron chi connectivity index (χ0n) is 9.64. The first-order chi connectivity index (χ1) is 7.82. The molecule has 1 fully saturated rings. The van der Waals surface area contributed by atoms with Crippen molar-refractivity contribution in [2.24, 2.45) is 5.92 Å². The Labute approximate surface area is 116 Å². The Morgan fingerprint density at radius 1 is 1.35 bits per heavy atom. The molecule has 17 heavy (non-hydrogen) atoms. The van der Waals surface area contributed by atoms with Gasteiger partial charge in [-0.25, -0.2) is 0 Å². The molecule has 6 heteroatoms. The number of ketones is 1. The lowest BCUT2D eigenvalue weighted by Crippen LogP contribution is -2.50. The minimum atomic E-state index is -1.66. The van der Waals surface area contributed by atoms with Crippen LogP contribution < -0.4 is 5.32 Å². The third kappa shape index (κ3) is 4.65. The molecule has 98 valence electrons. The van der Waals surface area contributed by atoms with Crippen molar-refractivity contribution in [3.05, 3.63) is 0 Å². The SMILES string of the molecule is CC(=O)N[C@H]([C@@H]1CCCCCC1=O)C(Cl)(Cl)Cl.